The molecule has 3 nitrogen and oxygen atoms in total. The van der Waals surface area contributed by atoms with E-state index < -0.39 is 5.54 Å². The zero-order valence-corrected chi connectivity index (χ0v) is 11.7. The van der Waals surface area contributed by atoms with E-state index in [1.54, 1.807) is 0 Å². The monoisotopic (exact) mass is 228 g/mol. The minimum absolute atomic E-state index is 0.197. The Morgan fingerprint density at radius 1 is 1.31 bits per heavy atom. The lowest BCUT2D eigenvalue weighted by molar-refractivity contribution is -0.125. The molecule has 0 saturated carbocycles. The third kappa shape index (κ3) is 4.12. The van der Waals surface area contributed by atoms with Gasteiger partial charge in [-0.2, -0.15) is 0 Å². The van der Waals surface area contributed by atoms with Crippen molar-refractivity contribution in [2.24, 2.45) is 17.1 Å². The number of carbonyl (C=O) groups is 1. The Kier molecular flexibility index (Phi) is 5.47. The van der Waals surface area contributed by atoms with E-state index in [2.05, 4.69) is 26.1 Å². The third-order valence-electron chi connectivity index (χ3n) is 3.53. The fraction of sp³-hybridized carbons (Fsp3) is 0.923. The first-order valence-electron chi connectivity index (χ1n) is 6.20. The van der Waals surface area contributed by atoms with Crippen LogP contribution in [0.15, 0.2) is 0 Å². The third-order valence-corrected chi connectivity index (χ3v) is 3.53. The lowest BCUT2D eigenvalue weighted by Crippen LogP contribution is -2.58. The summed E-state index contributed by atoms with van der Waals surface area (Å²) >= 11 is 0. The number of primary amides is 1. The summed E-state index contributed by atoms with van der Waals surface area (Å²) in [6.07, 6.45) is 2.30. The molecule has 0 aliphatic carbocycles. The SMILES string of the molecule is CCCC(C)(C)CNC(C)(C(N)=O)C(C)C. The van der Waals surface area contributed by atoms with Crippen LogP contribution in [0.5, 0.6) is 0 Å². The summed E-state index contributed by atoms with van der Waals surface area (Å²) < 4.78 is 0. The Bertz CT molecular complexity index is 236. The average molecular weight is 228 g/mol. The molecule has 1 amide bonds. The summed E-state index contributed by atoms with van der Waals surface area (Å²) in [7, 11) is 0. The standard InChI is InChI=1S/C13H28N2O/c1-7-8-12(4,5)9-15-13(6,10(2)3)11(14)16/h10,15H,7-9H2,1-6H3,(H2,14,16). The van der Waals surface area contributed by atoms with Gasteiger partial charge in [-0.05, 0) is 24.7 Å². The highest BCUT2D eigenvalue weighted by Gasteiger charge is 2.35. The minimum Gasteiger partial charge on any atom is -0.368 e. The average Bonchev–Trinajstić information content (AvgIpc) is 2.13. The number of hydrogen-bond acceptors (Lipinski definition) is 2. The largest absolute Gasteiger partial charge is 0.368 e. The van der Waals surface area contributed by atoms with E-state index in [1.165, 1.54) is 0 Å². The van der Waals surface area contributed by atoms with Crippen molar-refractivity contribution >= 4 is 5.91 Å². The molecule has 0 aromatic carbocycles. The van der Waals surface area contributed by atoms with Crippen molar-refractivity contribution in [3.05, 3.63) is 0 Å². The second-order valence-electron chi connectivity index (χ2n) is 5.99. The summed E-state index contributed by atoms with van der Waals surface area (Å²) in [5, 5.41) is 3.35. The molecule has 0 radical (unpaired) electrons. The van der Waals surface area contributed by atoms with Gasteiger partial charge >= 0.3 is 0 Å². The van der Waals surface area contributed by atoms with Crippen molar-refractivity contribution in [3.63, 3.8) is 0 Å². The van der Waals surface area contributed by atoms with Crippen LogP contribution in [0.1, 0.15) is 54.4 Å². The number of amides is 1. The molecule has 1 unspecified atom stereocenters. The molecule has 0 fully saturated rings. The summed E-state index contributed by atoms with van der Waals surface area (Å²) in [5.41, 5.74) is 5.08. The van der Waals surface area contributed by atoms with Gasteiger partial charge in [0, 0.05) is 6.54 Å². The molecule has 0 rings (SSSR count). The number of carbonyl (C=O) groups excluding carboxylic acids is 1. The predicted molar refractivity (Wildman–Crippen MR) is 69.1 cm³/mol. The van der Waals surface area contributed by atoms with Gasteiger partial charge in [0.15, 0.2) is 0 Å². The molecule has 0 aromatic heterocycles. The van der Waals surface area contributed by atoms with E-state index in [0.29, 0.717) is 0 Å². The molecule has 0 heterocycles. The first-order valence-corrected chi connectivity index (χ1v) is 6.20. The van der Waals surface area contributed by atoms with Crippen LogP contribution < -0.4 is 11.1 Å². The summed E-state index contributed by atoms with van der Waals surface area (Å²) in [4.78, 5) is 11.5. The smallest absolute Gasteiger partial charge is 0.237 e. The predicted octanol–water partition coefficient (Wildman–Crippen LogP) is 2.30. The van der Waals surface area contributed by atoms with Crippen molar-refractivity contribution in [1.82, 2.24) is 5.32 Å². The Labute approximate surface area is 100 Å². The molecule has 0 spiro atoms. The zero-order chi connectivity index (χ0) is 13.0. The maximum absolute atomic E-state index is 11.5. The van der Waals surface area contributed by atoms with Gasteiger partial charge in [-0.1, -0.05) is 41.0 Å². The van der Waals surface area contributed by atoms with Crippen LogP contribution in [0, 0.1) is 11.3 Å². The highest BCUT2D eigenvalue weighted by atomic mass is 16.1. The van der Waals surface area contributed by atoms with Gasteiger partial charge in [0.25, 0.3) is 0 Å². The fourth-order valence-electron chi connectivity index (χ4n) is 1.76. The van der Waals surface area contributed by atoms with E-state index in [9.17, 15) is 4.79 Å². The Hall–Kier alpha value is -0.570. The summed E-state index contributed by atoms with van der Waals surface area (Å²) in [5.74, 6) is -0.0720. The molecule has 0 aromatic rings. The van der Waals surface area contributed by atoms with Crippen molar-refractivity contribution in [2.75, 3.05) is 6.54 Å². The van der Waals surface area contributed by atoms with E-state index in [0.717, 1.165) is 19.4 Å². The number of nitrogens with one attached hydrogen (secondary N) is 1. The van der Waals surface area contributed by atoms with E-state index in [1.807, 2.05) is 20.8 Å². The van der Waals surface area contributed by atoms with Crippen molar-refractivity contribution in [1.29, 1.82) is 0 Å². The Balaban J connectivity index is 4.51. The van der Waals surface area contributed by atoms with Gasteiger partial charge in [-0.3, -0.25) is 4.79 Å². The Morgan fingerprint density at radius 2 is 1.81 bits per heavy atom. The highest BCUT2D eigenvalue weighted by Crippen LogP contribution is 2.24. The lowest BCUT2D eigenvalue weighted by Gasteiger charge is -2.36. The molecule has 16 heavy (non-hydrogen) atoms. The fourth-order valence-corrected chi connectivity index (χ4v) is 1.76. The minimum atomic E-state index is -0.606. The van der Waals surface area contributed by atoms with E-state index in [-0.39, 0.29) is 17.2 Å². The quantitative estimate of drug-likeness (QED) is 0.702. The van der Waals surface area contributed by atoms with Crippen LogP contribution in [0.4, 0.5) is 0 Å². The number of rotatable bonds is 7. The van der Waals surface area contributed by atoms with Crippen molar-refractivity contribution < 1.29 is 4.79 Å². The molecular formula is C13H28N2O. The van der Waals surface area contributed by atoms with Crippen LogP contribution in [0.25, 0.3) is 0 Å². The molecule has 0 aliphatic rings. The molecule has 1 atom stereocenters. The normalized spacial score (nSPS) is 16.2. The molecule has 3 heteroatoms. The van der Waals surface area contributed by atoms with Gasteiger partial charge in [-0.25, -0.2) is 0 Å². The molecular weight excluding hydrogens is 200 g/mol. The molecule has 96 valence electrons. The maximum atomic E-state index is 11.5. The first kappa shape index (κ1) is 15.4. The van der Waals surface area contributed by atoms with Crippen molar-refractivity contribution in [3.8, 4) is 0 Å². The van der Waals surface area contributed by atoms with Crippen LogP contribution in [0.3, 0.4) is 0 Å². The van der Waals surface area contributed by atoms with Gasteiger partial charge < -0.3 is 11.1 Å². The molecule has 3 N–H and O–H groups in total. The van der Waals surface area contributed by atoms with Crippen LogP contribution >= 0.6 is 0 Å². The van der Waals surface area contributed by atoms with Gasteiger partial charge in [0.1, 0.15) is 0 Å². The first-order chi connectivity index (χ1) is 7.15. The van der Waals surface area contributed by atoms with Gasteiger partial charge in [-0.15, -0.1) is 0 Å². The van der Waals surface area contributed by atoms with Gasteiger partial charge in [0.05, 0.1) is 5.54 Å². The van der Waals surface area contributed by atoms with Crippen molar-refractivity contribution in [2.45, 2.75) is 59.9 Å². The number of nitrogens with two attached hydrogens (primary N) is 1. The maximum Gasteiger partial charge on any atom is 0.237 e. The van der Waals surface area contributed by atoms with Crippen LogP contribution in [0.2, 0.25) is 0 Å². The molecule has 0 saturated heterocycles. The molecule has 0 aliphatic heterocycles. The highest BCUT2D eigenvalue weighted by molar-refractivity contribution is 5.84. The zero-order valence-electron chi connectivity index (χ0n) is 11.7. The van der Waals surface area contributed by atoms with E-state index in [4.69, 9.17) is 5.73 Å². The lowest BCUT2D eigenvalue weighted by atomic mass is 9.83. The van der Waals surface area contributed by atoms with E-state index >= 15 is 0 Å². The summed E-state index contributed by atoms with van der Waals surface area (Å²) in [6, 6.07) is 0. The van der Waals surface area contributed by atoms with Gasteiger partial charge in [0.2, 0.25) is 5.91 Å². The van der Waals surface area contributed by atoms with Crippen LogP contribution in [-0.4, -0.2) is 18.0 Å². The number of hydrogen-bond donors (Lipinski definition) is 2. The topological polar surface area (TPSA) is 55.1 Å². The molecule has 0 bridgehead atoms. The second-order valence-corrected chi connectivity index (χ2v) is 5.99. The summed E-state index contributed by atoms with van der Waals surface area (Å²) in [6.45, 7) is 13.4. The van der Waals surface area contributed by atoms with Crippen LogP contribution in [-0.2, 0) is 4.79 Å². The second kappa shape index (κ2) is 5.67. The Morgan fingerprint density at radius 3 is 2.12 bits per heavy atom.